The van der Waals surface area contributed by atoms with Crippen LogP contribution >= 0.6 is 0 Å². The van der Waals surface area contributed by atoms with Crippen LogP contribution in [-0.2, 0) is 9.53 Å². The molecule has 0 aliphatic rings. The summed E-state index contributed by atoms with van der Waals surface area (Å²) >= 11 is 0. The third-order valence-electron chi connectivity index (χ3n) is 4.29. The van der Waals surface area contributed by atoms with Crippen LogP contribution in [0.3, 0.4) is 0 Å². The molecule has 3 aromatic rings. The first-order chi connectivity index (χ1) is 15.2. The molecule has 158 valence electrons. The van der Waals surface area contributed by atoms with Crippen LogP contribution < -0.4 is 15.3 Å². The van der Waals surface area contributed by atoms with E-state index in [1.807, 2.05) is 30.3 Å². The lowest BCUT2D eigenvalue weighted by Gasteiger charge is -2.17. The van der Waals surface area contributed by atoms with Crippen LogP contribution in [0.25, 0.3) is 10.9 Å². The van der Waals surface area contributed by atoms with Crippen molar-refractivity contribution >= 4 is 28.7 Å². The maximum absolute atomic E-state index is 11.4. The predicted octanol–water partition coefficient (Wildman–Crippen LogP) is 1.94. The lowest BCUT2D eigenvalue weighted by atomic mass is 10.1. The van der Waals surface area contributed by atoms with E-state index < -0.39 is 5.91 Å². The second kappa shape index (κ2) is 10.6. The third-order valence-corrected chi connectivity index (χ3v) is 4.29. The summed E-state index contributed by atoms with van der Waals surface area (Å²) < 4.78 is 6.63. The van der Waals surface area contributed by atoms with Crippen LogP contribution in [0.4, 0.5) is 5.82 Å². The number of anilines is 1. The van der Waals surface area contributed by atoms with Crippen molar-refractivity contribution in [2.45, 2.75) is 0 Å². The number of aromatic nitrogens is 1. The number of rotatable bonds is 8. The number of ether oxygens (including phenoxy) is 1. The Hall–Kier alpha value is -4.09. The van der Waals surface area contributed by atoms with Crippen molar-refractivity contribution in [1.29, 1.82) is 0 Å². The van der Waals surface area contributed by atoms with Crippen molar-refractivity contribution in [1.82, 2.24) is 10.2 Å². The Morgan fingerprint density at radius 2 is 1.97 bits per heavy atom. The van der Waals surface area contributed by atoms with Crippen LogP contribution in [0.1, 0.15) is 15.9 Å². The summed E-state index contributed by atoms with van der Waals surface area (Å²) in [6, 6.07) is 15.8. The molecular weight excluding hydrogens is 400 g/mol. The number of para-hydroxylation sites is 1. The first-order valence-electron chi connectivity index (χ1n) is 9.29. The standard InChI is InChI=1S/C22H20N4O5/c1-30-13-14-31-26-20-7-3-2-6-19(20)15-21(26)25(23-16-27)12-4-5-17-8-10-18(11-9-17)22(28)24-29/h2-3,6-11,15,29H,12-14H2,1H3,(H,24,28). The molecule has 1 amide bonds. The Kier molecular flexibility index (Phi) is 7.40. The summed E-state index contributed by atoms with van der Waals surface area (Å²) in [6.07, 6.45) is 1.55. The quantitative estimate of drug-likeness (QED) is 0.144. The van der Waals surface area contributed by atoms with Crippen molar-refractivity contribution in [3.63, 3.8) is 0 Å². The van der Waals surface area contributed by atoms with E-state index in [0.717, 1.165) is 10.9 Å². The third kappa shape index (κ3) is 5.29. The largest absolute Gasteiger partial charge is 0.409 e. The Morgan fingerprint density at radius 1 is 1.19 bits per heavy atom. The SMILES string of the molecule is COCCOn1c(N(CC#Cc2ccc(C(=O)NO)cc2)N=C=O)cc2ccccc21. The lowest BCUT2D eigenvalue weighted by Crippen LogP contribution is -2.24. The number of fused-ring (bicyclic) bond motifs is 1. The molecule has 0 aliphatic heterocycles. The molecule has 0 saturated heterocycles. The molecular formula is C22H20N4O5. The predicted molar refractivity (Wildman–Crippen MR) is 113 cm³/mol. The van der Waals surface area contributed by atoms with E-state index in [2.05, 4.69) is 16.9 Å². The topological polar surface area (TPSA) is 105 Å². The molecule has 2 N–H and O–H groups in total. The molecule has 9 heteroatoms. The van der Waals surface area contributed by atoms with Crippen molar-refractivity contribution in [2.24, 2.45) is 5.10 Å². The fourth-order valence-electron chi connectivity index (χ4n) is 2.85. The Labute approximate surface area is 178 Å². The van der Waals surface area contributed by atoms with Gasteiger partial charge in [-0.15, -0.1) is 0 Å². The van der Waals surface area contributed by atoms with Gasteiger partial charge in [-0.3, -0.25) is 10.0 Å². The number of methoxy groups -OCH3 is 1. The molecule has 0 atom stereocenters. The summed E-state index contributed by atoms with van der Waals surface area (Å²) in [5.41, 5.74) is 3.34. The Balaban J connectivity index is 1.85. The number of hydrogen-bond donors (Lipinski definition) is 2. The maximum Gasteiger partial charge on any atom is 0.274 e. The molecule has 0 fully saturated rings. The Bertz CT molecular complexity index is 1150. The number of nitrogens with one attached hydrogen (secondary N) is 1. The van der Waals surface area contributed by atoms with Gasteiger partial charge in [0.1, 0.15) is 13.2 Å². The van der Waals surface area contributed by atoms with Gasteiger partial charge in [0.05, 0.1) is 12.1 Å². The molecule has 1 aromatic heterocycles. The molecule has 0 bridgehead atoms. The fourth-order valence-corrected chi connectivity index (χ4v) is 2.85. The van der Waals surface area contributed by atoms with Crippen molar-refractivity contribution in [3.8, 4) is 11.8 Å². The van der Waals surface area contributed by atoms with Crippen LogP contribution in [0.15, 0.2) is 59.7 Å². The second-order valence-electron chi connectivity index (χ2n) is 6.25. The summed E-state index contributed by atoms with van der Waals surface area (Å²) in [6.45, 7) is 0.797. The van der Waals surface area contributed by atoms with Gasteiger partial charge in [-0.2, -0.15) is 4.73 Å². The monoisotopic (exact) mass is 420 g/mol. The van der Waals surface area contributed by atoms with Gasteiger partial charge >= 0.3 is 0 Å². The van der Waals surface area contributed by atoms with Gasteiger partial charge in [-0.1, -0.05) is 35.1 Å². The molecule has 3 rings (SSSR count). The molecule has 0 unspecified atom stereocenters. The van der Waals surface area contributed by atoms with Gasteiger partial charge in [-0.05, 0) is 36.4 Å². The highest BCUT2D eigenvalue weighted by atomic mass is 16.7. The van der Waals surface area contributed by atoms with Gasteiger partial charge in [-0.25, -0.2) is 15.3 Å². The second-order valence-corrected chi connectivity index (χ2v) is 6.25. The van der Waals surface area contributed by atoms with Crippen LogP contribution in [0, 0.1) is 11.8 Å². The summed E-state index contributed by atoms with van der Waals surface area (Å²) in [4.78, 5) is 28.2. The lowest BCUT2D eigenvalue weighted by molar-refractivity contribution is 0.0655. The average molecular weight is 420 g/mol. The highest BCUT2D eigenvalue weighted by Crippen LogP contribution is 2.25. The molecule has 1 heterocycles. The minimum Gasteiger partial charge on any atom is -0.409 e. The first kappa shape index (κ1) is 21.6. The summed E-state index contributed by atoms with van der Waals surface area (Å²) in [5, 5.41) is 14.7. The normalized spacial score (nSPS) is 10.0. The number of nitrogens with zero attached hydrogens (tertiary/aromatic N) is 3. The zero-order valence-corrected chi connectivity index (χ0v) is 16.7. The van der Waals surface area contributed by atoms with E-state index in [1.54, 1.807) is 47.7 Å². The van der Waals surface area contributed by atoms with Gasteiger partial charge in [0, 0.05) is 23.6 Å². The zero-order valence-electron chi connectivity index (χ0n) is 16.7. The van der Waals surface area contributed by atoms with Gasteiger partial charge < -0.3 is 9.57 Å². The highest BCUT2D eigenvalue weighted by molar-refractivity contribution is 5.93. The van der Waals surface area contributed by atoms with E-state index in [4.69, 9.17) is 14.8 Å². The summed E-state index contributed by atoms with van der Waals surface area (Å²) in [5.74, 6) is 5.81. The van der Waals surface area contributed by atoms with Crippen LogP contribution in [0.2, 0.25) is 0 Å². The number of hydrazone groups is 1. The number of hydroxylamine groups is 1. The molecule has 0 saturated carbocycles. The van der Waals surface area contributed by atoms with Crippen molar-refractivity contribution in [3.05, 3.63) is 65.7 Å². The average Bonchev–Trinajstić information content (AvgIpc) is 3.17. The first-order valence-corrected chi connectivity index (χ1v) is 9.29. The fraction of sp³-hybridized carbons (Fsp3) is 0.182. The number of isocyanates is 1. The maximum atomic E-state index is 11.4. The molecule has 0 aliphatic carbocycles. The number of carbonyl (C=O) groups excluding carboxylic acids is 2. The van der Waals surface area contributed by atoms with Crippen molar-refractivity contribution in [2.75, 3.05) is 31.9 Å². The Morgan fingerprint density at radius 3 is 2.68 bits per heavy atom. The molecule has 0 radical (unpaired) electrons. The minimum atomic E-state index is -0.604. The van der Waals surface area contributed by atoms with Gasteiger partial charge in [0.2, 0.25) is 0 Å². The molecule has 2 aromatic carbocycles. The molecule has 9 nitrogen and oxygen atoms in total. The number of hydrogen-bond acceptors (Lipinski definition) is 7. The zero-order chi connectivity index (χ0) is 22.1. The molecule has 0 spiro atoms. The van der Waals surface area contributed by atoms with E-state index in [9.17, 15) is 9.59 Å². The van der Waals surface area contributed by atoms with Gasteiger partial charge in [0.25, 0.3) is 12.0 Å². The number of benzene rings is 2. The van der Waals surface area contributed by atoms with Gasteiger partial charge in [0.15, 0.2) is 5.82 Å². The van der Waals surface area contributed by atoms with E-state index in [1.165, 1.54) is 5.01 Å². The van der Waals surface area contributed by atoms with Crippen LogP contribution in [0.5, 0.6) is 0 Å². The van der Waals surface area contributed by atoms with E-state index >= 15 is 0 Å². The van der Waals surface area contributed by atoms with E-state index in [0.29, 0.717) is 30.2 Å². The molecule has 31 heavy (non-hydrogen) atoms. The summed E-state index contributed by atoms with van der Waals surface area (Å²) in [7, 11) is 1.58. The van der Waals surface area contributed by atoms with Crippen molar-refractivity contribution < 1.29 is 24.4 Å². The number of amides is 1. The number of carbonyl (C=O) groups is 1. The van der Waals surface area contributed by atoms with Crippen LogP contribution in [-0.4, -0.2) is 48.8 Å². The van der Waals surface area contributed by atoms with E-state index in [-0.39, 0.29) is 6.54 Å². The highest BCUT2D eigenvalue weighted by Gasteiger charge is 2.15. The smallest absolute Gasteiger partial charge is 0.274 e. The minimum absolute atomic E-state index is 0.0953.